The summed E-state index contributed by atoms with van der Waals surface area (Å²) in [6.45, 7) is 0. The Hall–Kier alpha value is -6.24. The molecule has 0 unspecified atom stereocenters. The van der Waals surface area contributed by atoms with Crippen LogP contribution in [0.15, 0.2) is 194 Å². The lowest BCUT2D eigenvalue weighted by atomic mass is 9.81. The van der Waals surface area contributed by atoms with Crippen molar-refractivity contribution in [3.63, 3.8) is 0 Å². The summed E-state index contributed by atoms with van der Waals surface area (Å²) >= 11 is 0. The molecule has 9 rings (SSSR count). The van der Waals surface area contributed by atoms with Gasteiger partial charge in [0.2, 0.25) is 0 Å². The van der Waals surface area contributed by atoms with E-state index < -0.39 is 0 Å². The van der Waals surface area contributed by atoms with E-state index in [1.54, 1.807) is 0 Å². The highest BCUT2D eigenvalue weighted by Crippen LogP contribution is 2.48. The Morgan fingerprint density at radius 3 is 1.12 bits per heavy atom. The van der Waals surface area contributed by atoms with E-state index in [0.717, 1.165) is 0 Å². The molecule has 0 spiro atoms. The van der Waals surface area contributed by atoms with Crippen LogP contribution in [0.2, 0.25) is 0 Å². The molecule has 9 aromatic rings. The van der Waals surface area contributed by atoms with Gasteiger partial charge in [-0.1, -0.05) is 170 Å². The third-order valence-corrected chi connectivity index (χ3v) is 9.63. The largest absolute Gasteiger partial charge is 0.0622 e. The molecule has 0 nitrogen and oxygen atoms in total. The minimum Gasteiger partial charge on any atom is -0.0622 e. The Morgan fingerprint density at radius 1 is 0.208 bits per heavy atom. The molecule has 9 aromatic carbocycles. The van der Waals surface area contributed by atoms with Crippen LogP contribution in [0, 0.1) is 0 Å². The second-order valence-electron chi connectivity index (χ2n) is 12.5. The van der Waals surface area contributed by atoms with Crippen molar-refractivity contribution in [3.05, 3.63) is 194 Å². The molecule has 0 saturated carbocycles. The average molecular weight is 609 g/mol. The average Bonchev–Trinajstić information content (AvgIpc) is 3.17. The monoisotopic (exact) mass is 608 g/mol. The lowest BCUT2D eigenvalue weighted by Crippen LogP contribution is -1.94. The van der Waals surface area contributed by atoms with E-state index in [1.807, 2.05) is 0 Å². The lowest BCUT2D eigenvalue weighted by molar-refractivity contribution is 1.61. The molecule has 0 amide bonds. The molecule has 0 bridgehead atoms. The van der Waals surface area contributed by atoms with Gasteiger partial charge in [-0.15, -0.1) is 0 Å². The van der Waals surface area contributed by atoms with Crippen LogP contribution in [-0.2, 0) is 0 Å². The summed E-state index contributed by atoms with van der Waals surface area (Å²) in [5.74, 6) is 0. The summed E-state index contributed by atoms with van der Waals surface area (Å²) in [6.07, 6.45) is 0. The first kappa shape index (κ1) is 28.0. The van der Waals surface area contributed by atoms with Crippen molar-refractivity contribution in [1.29, 1.82) is 0 Å². The fourth-order valence-corrected chi connectivity index (χ4v) is 7.36. The molecule has 48 heavy (non-hydrogen) atoms. The molecule has 0 atom stereocenters. The molecular formula is C48H32. The van der Waals surface area contributed by atoms with Crippen molar-refractivity contribution in [2.75, 3.05) is 0 Å². The standard InChI is InChI=1S/C48H32/c1-5-15-33(16-6-1)39-26-28-42-44(31-39)47(36-21-11-4-12-22-36)41-27-25-40(34-17-7-2-8-18-34)32-45(41)48(42)46-30-38-24-14-13-23-37(38)29-43(46)35-19-9-3-10-20-35/h1-32H. The van der Waals surface area contributed by atoms with Gasteiger partial charge in [0.25, 0.3) is 0 Å². The Morgan fingerprint density at radius 2 is 0.604 bits per heavy atom. The molecule has 0 radical (unpaired) electrons. The smallest absolute Gasteiger partial charge is 0.00197 e. The van der Waals surface area contributed by atoms with Crippen LogP contribution in [0.5, 0.6) is 0 Å². The van der Waals surface area contributed by atoms with E-state index >= 15 is 0 Å². The molecule has 0 saturated heterocycles. The van der Waals surface area contributed by atoms with Crippen molar-refractivity contribution in [3.8, 4) is 55.6 Å². The van der Waals surface area contributed by atoms with Crippen LogP contribution < -0.4 is 0 Å². The van der Waals surface area contributed by atoms with Gasteiger partial charge in [0.05, 0.1) is 0 Å². The van der Waals surface area contributed by atoms with E-state index in [0.29, 0.717) is 0 Å². The van der Waals surface area contributed by atoms with Crippen molar-refractivity contribution < 1.29 is 0 Å². The van der Waals surface area contributed by atoms with Gasteiger partial charge >= 0.3 is 0 Å². The number of hydrogen-bond acceptors (Lipinski definition) is 0. The highest BCUT2D eigenvalue weighted by Gasteiger charge is 2.21. The Labute approximate surface area is 281 Å². The van der Waals surface area contributed by atoms with Crippen LogP contribution in [0.3, 0.4) is 0 Å². The van der Waals surface area contributed by atoms with Gasteiger partial charge in [-0.25, -0.2) is 0 Å². The number of benzene rings is 9. The van der Waals surface area contributed by atoms with Crippen molar-refractivity contribution in [2.24, 2.45) is 0 Å². The second kappa shape index (κ2) is 11.8. The van der Waals surface area contributed by atoms with E-state index in [9.17, 15) is 0 Å². The topological polar surface area (TPSA) is 0 Å². The maximum atomic E-state index is 2.42. The summed E-state index contributed by atoms with van der Waals surface area (Å²) in [5.41, 5.74) is 12.3. The van der Waals surface area contributed by atoms with E-state index in [2.05, 4.69) is 194 Å². The fourth-order valence-electron chi connectivity index (χ4n) is 7.36. The van der Waals surface area contributed by atoms with Crippen LogP contribution in [0.25, 0.3) is 88.0 Å². The first-order valence-electron chi connectivity index (χ1n) is 16.6. The van der Waals surface area contributed by atoms with Gasteiger partial charge < -0.3 is 0 Å². The number of rotatable bonds is 5. The molecule has 0 aliphatic carbocycles. The van der Waals surface area contributed by atoms with Crippen LogP contribution in [0.1, 0.15) is 0 Å². The molecule has 0 fully saturated rings. The molecular weight excluding hydrogens is 577 g/mol. The van der Waals surface area contributed by atoms with Gasteiger partial charge in [-0.3, -0.25) is 0 Å². The third kappa shape index (κ3) is 4.87. The van der Waals surface area contributed by atoms with Crippen molar-refractivity contribution >= 4 is 32.3 Å². The Kier molecular flexibility index (Phi) is 6.91. The maximum absolute atomic E-state index is 2.42. The van der Waals surface area contributed by atoms with E-state index in [-0.39, 0.29) is 0 Å². The second-order valence-corrected chi connectivity index (χ2v) is 12.5. The molecule has 0 aliphatic heterocycles. The van der Waals surface area contributed by atoms with Gasteiger partial charge in [-0.2, -0.15) is 0 Å². The zero-order chi connectivity index (χ0) is 31.9. The molecule has 224 valence electrons. The van der Waals surface area contributed by atoms with Gasteiger partial charge in [0, 0.05) is 0 Å². The molecule has 0 aromatic heterocycles. The molecule has 0 N–H and O–H groups in total. The summed E-state index contributed by atoms with van der Waals surface area (Å²) in [4.78, 5) is 0. The van der Waals surface area contributed by atoms with Crippen molar-refractivity contribution in [2.45, 2.75) is 0 Å². The van der Waals surface area contributed by atoms with Crippen LogP contribution in [0.4, 0.5) is 0 Å². The number of fused-ring (bicyclic) bond motifs is 3. The quantitative estimate of drug-likeness (QED) is 0.171. The predicted molar refractivity (Wildman–Crippen MR) is 206 cm³/mol. The molecule has 0 heteroatoms. The maximum Gasteiger partial charge on any atom is -0.00197 e. The van der Waals surface area contributed by atoms with E-state index in [4.69, 9.17) is 0 Å². The molecule has 0 heterocycles. The third-order valence-electron chi connectivity index (χ3n) is 9.63. The zero-order valence-electron chi connectivity index (χ0n) is 26.5. The lowest BCUT2D eigenvalue weighted by Gasteiger charge is -2.22. The van der Waals surface area contributed by atoms with Crippen molar-refractivity contribution in [1.82, 2.24) is 0 Å². The highest BCUT2D eigenvalue weighted by molar-refractivity contribution is 6.24. The zero-order valence-corrected chi connectivity index (χ0v) is 26.5. The SMILES string of the molecule is c1ccc(-c2ccc3c(-c4cc5ccccc5cc4-c4ccccc4)c4cc(-c5ccccc5)ccc4c(-c4ccccc4)c3c2)cc1. The van der Waals surface area contributed by atoms with Gasteiger partial charge in [-0.05, 0) is 112 Å². The summed E-state index contributed by atoms with van der Waals surface area (Å²) < 4.78 is 0. The highest BCUT2D eigenvalue weighted by atomic mass is 14.2. The predicted octanol–water partition coefficient (Wildman–Crippen LogP) is 13.5. The Balaban J connectivity index is 1.48. The fraction of sp³-hybridized carbons (Fsp3) is 0. The van der Waals surface area contributed by atoms with Gasteiger partial charge in [0.1, 0.15) is 0 Å². The Bertz CT molecular complexity index is 2570. The van der Waals surface area contributed by atoms with E-state index in [1.165, 1.54) is 88.0 Å². The first-order chi connectivity index (χ1) is 23.8. The number of hydrogen-bond donors (Lipinski definition) is 0. The summed E-state index contributed by atoms with van der Waals surface area (Å²) in [7, 11) is 0. The minimum atomic E-state index is 1.21. The normalized spacial score (nSPS) is 11.3. The van der Waals surface area contributed by atoms with Gasteiger partial charge in [0.15, 0.2) is 0 Å². The molecule has 0 aliphatic rings. The first-order valence-corrected chi connectivity index (χ1v) is 16.6. The minimum absolute atomic E-state index is 1.21. The van der Waals surface area contributed by atoms with Crippen LogP contribution in [-0.4, -0.2) is 0 Å². The summed E-state index contributed by atoms with van der Waals surface area (Å²) in [6, 6.07) is 70.9. The summed E-state index contributed by atoms with van der Waals surface area (Å²) in [5, 5.41) is 7.48. The van der Waals surface area contributed by atoms with Crippen LogP contribution >= 0.6 is 0 Å².